The van der Waals surface area contributed by atoms with Gasteiger partial charge in [-0.25, -0.2) is 18.7 Å². The first-order valence-corrected chi connectivity index (χ1v) is 15.2. The third kappa shape index (κ3) is 4.44. The highest BCUT2D eigenvalue weighted by atomic mass is 35.5. The molecule has 7 heterocycles. The van der Waals surface area contributed by atoms with Crippen LogP contribution in [0.15, 0.2) is 18.3 Å². The van der Waals surface area contributed by atoms with Crippen LogP contribution in [0.1, 0.15) is 37.7 Å². The Morgan fingerprint density at radius 3 is 2.74 bits per heavy atom. The molecule has 10 nitrogen and oxygen atoms in total. The van der Waals surface area contributed by atoms with Gasteiger partial charge >= 0.3 is 6.01 Å². The van der Waals surface area contributed by atoms with Crippen LogP contribution in [0.25, 0.3) is 33.2 Å². The van der Waals surface area contributed by atoms with E-state index in [1.807, 2.05) is 13.0 Å². The van der Waals surface area contributed by atoms with E-state index in [1.54, 1.807) is 12.3 Å². The zero-order valence-corrected chi connectivity index (χ0v) is 24.4. The molecule has 0 saturated carbocycles. The lowest BCUT2D eigenvalue weighted by Crippen LogP contribution is -2.44. The van der Waals surface area contributed by atoms with Gasteiger partial charge in [-0.1, -0.05) is 17.7 Å². The standard InChI is InChI=1S/C30H31ClF2N8O2/c1-15-3-6-20-21(22(15)31)25(37-28(34)36-20)26-23(33)24-19(10-35-26)27(40-12-17-4-5-18(13-40)43-17)39-29(38-24)42-14-30-7-2-8-41(30)11-16(32)9-30/h3,6,10,16-18H,2,4-5,7-9,11-14H2,1H3,(H2,34,36,37)/t16-,17?,18?,30+/m1/s1. The number of nitrogens with two attached hydrogens (primary N) is 1. The van der Waals surface area contributed by atoms with Gasteiger partial charge in [0.15, 0.2) is 5.82 Å². The molecule has 1 aromatic carbocycles. The summed E-state index contributed by atoms with van der Waals surface area (Å²) >= 11 is 6.68. The smallest absolute Gasteiger partial charge is 0.319 e. The van der Waals surface area contributed by atoms with Crippen LogP contribution in [-0.2, 0) is 4.74 Å². The molecule has 4 aliphatic rings. The normalized spacial score (nSPS) is 27.0. The van der Waals surface area contributed by atoms with Gasteiger partial charge in [-0.2, -0.15) is 9.97 Å². The summed E-state index contributed by atoms with van der Waals surface area (Å²) in [6.07, 6.45) is 5.01. The monoisotopic (exact) mass is 608 g/mol. The van der Waals surface area contributed by atoms with Gasteiger partial charge in [0.05, 0.1) is 33.7 Å². The summed E-state index contributed by atoms with van der Waals surface area (Å²) in [5, 5.41) is 1.31. The number of halogens is 3. The van der Waals surface area contributed by atoms with E-state index in [0.29, 0.717) is 53.2 Å². The molecule has 4 saturated heterocycles. The van der Waals surface area contributed by atoms with Gasteiger partial charge in [0, 0.05) is 37.6 Å². The Kier molecular flexibility index (Phi) is 6.32. The predicted molar refractivity (Wildman–Crippen MR) is 159 cm³/mol. The number of anilines is 2. The molecule has 8 rings (SSSR count). The molecule has 0 radical (unpaired) electrons. The van der Waals surface area contributed by atoms with E-state index in [9.17, 15) is 4.39 Å². The topological polar surface area (TPSA) is 115 Å². The molecule has 13 heteroatoms. The van der Waals surface area contributed by atoms with Crippen molar-refractivity contribution in [1.29, 1.82) is 0 Å². The van der Waals surface area contributed by atoms with Gasteiger partial charge in [-0.15, -0.1) is 0 Å². The molecule has 4 aliphatic heterocycles. The van der Waals surface area contributed by atoms with E-state index in [0.717, 1.165) is 37.8 Å². The number of benzene rings is 1. The number of alkyl halides is 1. The summed E-state index contributed by atoms with van der Waals surface area (Å²) in [5.74, 6) is -0.179. The summed E-state index contributed by atoms with van der Waals surface area (Å²) in [4.78, 5) is 26.8. The minimum absolute atomic E-state index is 0.0250. The maximum atomic E-state index is 16.7. The van der Waals surface area contributed by atoms with Gasteiger partial charge in [-0.05, 0) is 50.8 Å². The molecule has 0 amide bonds. The zero-order chi connectivity index (χ0) is 29.5. The molecule has 2 unspecified atom stereocenters. The van der Waals surface area contributed by atoms with Crippen LogP contribution < -0.4 is 15.4 Å². The van der Waals surface area contributed by atoms with Crippen molar-refractivity contribution in [2.75, 3.05) is 43.4 Å². The molecular formula is C30H31ClF2N8O2. The third-order valence-electron chi connectivity index (χ3n) is 9.45. The fraction of sp³-hybridized carbons (Fsp3) is 0.500. The number of nitrogen functional groups attached to an aromatic ring is 1. The van der Waals surface area contributed by atoms with E-state index in [-0.39, 0.29) is 47.7 Å². The van der Waals surface area contributed by atoms with Crippen LogP contribution in [-0.4, -0.2) is 86.5 Å². The van der Waals surface area contributed by atoms with Crippen LogP contribution in [0, 0.1) is 12.7 Å². The Balaban J connectivity index is 1.26. The van der Waals surface area contributed by atoms with Crippen LogP contribution >= 0.6 is 11.6 Å². The number of hydrogen-bond donors (Lipinski definition) is 1. The molecule has 4 aromatic rings. The number of morpholine rings is 1. The second-order valence-corrected chi connectivity index (χ2v) is 12.6. The fourth-order valence-corrected chi connectivity index (χ4v) is 7.66. The van der Waals surface area contributed by atoms with Crippen molar-refractivity contribution >= 4 is 45.2 Å². The van der Waals surface area contributed by atoms with Crippen LogP contribution in [0.5, 0.6) is 6.01 Å². The van der Waals surface area contributed by atoms with Crippen molar-refractivity contribution in [3.8, 4) is 17.4 Å². The van der Waals surface area contributed by atoms with Crippen molar-refractivity contribution in [2.45, 2.75) is 62.9 Å². The Morgan fingerprint density at radius 2 is 1.93 bits per heavy atom. The average Bonchev–Trinajstić information content (AvgIpc) is 3.63. The van der Waals surface area contributed by atoms with Gasteiger partial charge in [0.2, 0.25) is 5.95 Å². The number of rotatable bonds is 5. The Labute approximate surface area is 251 Å². The van der Waals surface area contributed by atoms with Crippen molar-refractivity contribution in [3.05, 3.63) is 34.7 Å². The molecule has 0 spiro atoms. The number of fused-ring (bicyclic) bond motifs is 5. The van der Waals surface area contributed by atoms with Crippen LogP contribution in [0.2, 0.25) is 5.02 Å². The number of pyridine rings is 1. The number of nitrogens with zero attached hydrogens (tertiary/aromatic N) is 7. The van der Waals surface area contributed by atoms with Crippen molar-refractivity contribution in [3.63, 3.8) is 0 Å². The highest BCUT2D eigenvalue weighted by Gasteiger charge is 2.49. The minimum Gasteiger partial charge on any atom is -0.461 e. The number of ether oxygens (including phenoxy) is 2. The summed E-state index contributed by atoms with van der Waals surface area (Å²) in [6, 6.07) is 3.64. The Morgan fingerprint density at radius 1 is 1.12 bits per heavy atom. The quantitative estimate of drug-likeness (QED) is 0.343. The van der Waals surface area contributed by atoms with E-state index in [4.69, 9.17) is 31.8 Å². The molecule has 224 valence electrons. The SMILES string of the molecule is Cc1ccc2nc(N)nc(-c3ncc4c(N5CC6CCC(C5)O6)nc(OC[C@@]56CCCN5C[C@H](F)C6)nc4c3F)c2c1Cl. The maximum Gasteiger partial charge on any atom is 0.319 e. The molecule has 2 N–H and O–H groups in total. The first-order valence-electron chi connectivity index (χ1n) is 14.8. The van der Waals surface area contributed by atoms with Crippen LogP contribution in [0.4, 0.5) is 20.5 Å². The van der Waals surface area contributed by atoms with Gasteiger partial charge < -0.3 is 20.1 Å². The van der Waals surface area contributed by atoms with E-state index >= 15 is 4.39 Å². The molecule has 4 fully saturated rings. The van der Waals surface area contributed by atoms with E-state index < -0.39 is 17.5 Å². The number of hydrogen-bond acceptors (Lipinski definition) is 10. The lowest BCUT2D eigenvalue weighted by atomic mass is 9.95. The highest BCUT2D eigenvalue weighted by Crippen LogP contribution is 2.42. The second-order valence-electron chi connectivity index (χ2n) is 12.3. The number of aromatic nitrogens is 5. The summed E-state index contributed by atoms with van der Waals surface area (Å²) in [5.41, 5.74) is 7.09. The van der Waals surface area contributed by atoms with Crippen molar-refractivity contribution in [1.82, 2.24) is 29.8 Å². The lowest BCUT2D eigenvalue weighted by Gasteiger charge is -2.34. The third-order valence-corrected chi connectivity index (χ3v) is 9.94. The minimum atomic E-state index is -0.891. The van der Waals surface area contributed by atoms with Gasteiger partial charge in [0.25, 0.3) is 0 Å². The Bertz CT molecular complexity index is 1770. The largest absolute Gasteiger partial charge is 0.461 e. The molecule has 0 aliphatic carbocycles. The van der Waals surface area contributed by atoms with Crippen molar-refractivity contribution < 1.29 is 18.3 Å². The Hall–Kier alpha value is -3.48. The lowest BCUT2D eigenvalue weighted by molar-refractivity contribution is 0.0302. The molecular weight excluding hydrogens is 578 g/mol. The van der Waals surface area contributed by atoms with Crippen molar-refractivity contribution in [2.24, 2.45) is 0 Å². The summed E-state index contributed by atoms with van der Waals surface area (Å²) in [7, 11) is 0. The molecule has 4 atom stereocenters. The van der Waals surface area contributed by atoms with Crippen LogP contribution in [0.3, 0.4) is 0 Å². The van der Waals surface area contributed by atoms with E-state index in [1.165, 1.54) is 0 Å². The predicted octanol–water partition coefficient (Wildman–Crippen LogP) is 4.64. The van der Waals surface area contributed by atoms with E-state index in [2.05, 4.69) is 29.7 Å². The molecule has 3 aromatic heterocycles. The highest BCUT2D eigenvalue weighted by molar-refractivity contribution is 6.37. The van der Waals surface area contributed by atoms with Gasteiger partial charge in [0.1, 0.15) is 35.5 Å². The molecule has 2 bridgehead atoms. The zero-order valence-electron chi connectivity index (χ0n) is 23.7. The molecule has 43 heavy (non-hydrogen) atoms. The summed E-state index contributed by atoms with van der Waals surface area (Å²) < 4.78 is 43.4. The average molecular weight is 609 g/mol. The van der Waals surface area contributed by atoms with Gasteiger partial charge in [-0.3, -0.25) is 9.88 Å². The summed E-state index contributed by atoms with van der Waals surface area (Å²) in [6.45, 7) is 4.57. The first-order chi connectivity index (χ1) is 20.8. The fourth-order valence-electron chi connectivity index (χ4n) is 7.41. The second kappa shape index (κ2) is 10.0. The number of aryl methyl sites for hydroxylation is 1. The first kappa shape index (κ1) is 27.1. The maximum absolute atomic E-state index is 16.7.